The minimum Gasteiger partial charge on any atom is -0.494 e. The number of carbonyl (C=O) groups excluding carboxylic acids is 2. The van der Waals surface area contributed by atoms with Gasteiger partial charge in [-0.15, -0.1) is 13.2 Å². The predicted octanol–water partition coefficient (Wildman–Crippen LogP) is 11.1. The van der Waals surface area contributed by atoms with Crippen molar-refractivity contribution in [3.05, 3.63) is 145 Å². The van der Waals surface area contributed by atoms with Crippen molar-refractivity contribution in [1.82, 2.24) is 9.80 Å². The van der Waals surface area contributed by atoms with E-state index >= 15 is 0 Å². The van der Waals surface area contributed by atoms with Crippen molar-refractivity contribution < 1.29 is 19.1 Å². The molecule has 0 bridgehead atoms. The van der Waals surface area contributed by atoms with E-state index in [9.17, 15) is 9.59 Å². The first-order valence-corrected chi connectivity index (χ1v) is 19.4. The van der Waals surface area contributed by atoms with Gasteiger partial charge in [0.2, 0.25) is 0 Å². The summed E-state index contributed by atoms with van der Waals surface area (Å²) in [5, 5.41) is 0. The van der Waals surface area contributed by atoms with Gasteiger partial charge < -0.3 is 19.3 Å². The van der Waals surface area contributed by atoms with Crippen LogP contribution in [-0.2, 0) is 9.59 Å². The minimum atomic E-state index is -0.180. The molecule has 4 aromatic carbocycles. The topological polar surface area (TPSA) is 59.1 Å². The maximum absolute atomic E-state index is 13.8. The van der Waals surface area contributed by atoms with Gasteiger partial charge in [0, 0.05) is 14.1 Å². The maximum Gasteiger partial charge on any atom is 0.261 e. The van der Waals surface area contributed by atoms with Crippen LogP contribution < -0.4 is 9.47 Å². The molecule has 6 rings (SSSR count). The Hall–Kier alpha value is -5.62. The zero-order valence-electron chi connectivity index (χ0n) is 31.8. The van der Waals surface area contributed by atoms with Gasteiger partial charge in [-0.3, -0.25) is 9.59 Å². The number of ether oxygens (including phenoxy) is 2. The molecule has 2 aliphatic rings. The maximum atomic E-state index is 13.8. The summed E-state index contributed by atoms with van der Waals surface area (Å²) in [5.74, 6) is 1.37. The van der Waals surface area contributed by atoms with Crippen LogP contribution in [0.4, 0.5) is 0 Å². The quantitative estimate of drug-likeness (QED) is 0.0674. The first kappa shape index (κ1) is 38.1. The molecule has 0 saturated heterocycles. The molecule has 0 atom stereocenters. The monoisotopic (exact) mass is 720 g/mol. The smallest absolute Gasteiger partial charge is 0.261 e. The van der Waals surface area contributed by atoms with Crippen molar-refractivity contribution in [1.29, 1.82) is 0 Å². The molecule has 6 heteroatoms. The molecular formula is C48H52N2O4. The van der Waals surface area contributed by atoms with Gasteiger partial charge in [-0.25, -0.2) is 0 Å². The van der Waals surface area contributed by atoms with Crippen molar-refractivity contribution in [3.8, 4) is 33.8 Å². The van der Waals surface area contributed by atoms with Gasteiger partial charge in [0.1, 0.15) is 11.5 Å². The molecule has 278 valence electrons. The van der Waals surface area contributed by atoms with Gasteiger partial charge >= 0.3 is 0 Å². The number of amides is 2. The number of rotatable bonds is 20. The van der Waals surface area contributed by atoms with Crippen LogP contribution in [0.1, 0.15) is 75.3 Å². The molecular weight excluding hydrogens is 669 g/mol. The highest BCUT2D eigenvalue weighted by molar-refractivity contribution is 6.30. The zero-order valence-corrected chi connectivity index (χ0v) is 31.8. The highest BCUT2D eigenvalue weighted by atomic mass is 16.5. The van der Waals surface area contributed by atoms with Crippen LogP contribution in [0, 0.1) is 0 Å². The average molecular weight is 721 g/mol. The standard InChI is InChI=1S/C48H52N2O4/c1-5-7-9-11-13-15-33-53-41-29-25-37(26-30-41)35-17-21-39(22-18-35)45-43-44(48(52)49(45)3)46(50(4)47(43)51)40-23-19-36(20-24-40)38-27-31-42(32-28-38)54-34-16-14-12-10-8-6-2/h5-6,17-32H,1-2,7-16,33-34H2,3-4H3. The molecule has 0 radical (unpaired) electrons. The number of allylic oxidation sites excluding steroid dienone is 2. The normalized spacial score (nSPS) is 13.9. The van der Waals surface area contributed by atoms with Crippen LogP contribution in [0.15, 0.2) is 134 Å². The summed E-state index contributed by atoms with van der Waals surface area (Å²) < 4.78 is 11.9. The molecule has 0 spiro atoms. The fourth-order valence-corrected chi connectivity index (χ4v) is 7.20. The van der Waals surface area contributed by atoms with E-state index in [1.54, 1.807) is 23.9 Å². The average Bonchev–Trinajstić information content (AvgIpc) is 3.61. The fraction of sp³-hybridized carbons (Fsp3) is 0.292. The van der Waals surface area contributed by atoms with E-state index in [1.807, 2.05) is 84.9 Å². The second kappa shape index (κ2) is 18.4. The lowest BCUT2D eigenvalue weighted by atomic mass is 9.98. The number of benzene rings is 4. The van der Waals surface area contributed by atoms with Crippen LogP contribution in [-0.4, -0.2) is 48.9 Å². The van der Waals surface area contributed by atoms with Crippen molar-refractivity contribution in [2.45, 2.75) is 64.2 Å². The summed E-state index contributed by atoms with van der Waals surface area (Å²) >= 11 is 0. The number of carbonyl (C=O) groups is 2. The van der Waals surface area contributed by atoms with E-state index in [1.165, 1.54) is 25.7 Å². The third kappa shape index (κ3) is 8.77. The Labute approximate surface area is 321 Å². The molecule has 2 aliphatic heterocycles. The van der Waals surface area contributed by atoms with E-state index in [0.29, 0.717) is 35.8 Å². The van der Waals surface area contributed by atoms with Crippen LogP contribution in [0.2, 0.25) is 0 Å². The van der Waals surface area contributed by atoms with Crippen LogP contribution in [0.5, 0.6) is 11.5 Å². The van der Waals surface area contributed by atoms with E-state index in [-0.39, 0.29) is 11.8 Å². The summed E-state index contributed by atoms with van der Waals surface area (Å²) in [7, 11) is 3.49. The van der Waals surface area contributed by atoms with E-state index < -0.39 is 0 Å². The molecule has 0 saturated carbocycles. The first-order valence-electron chi connectivity index (χ1n) is 19.4. The molecule has 0 aliphatic carbocycles. The van der Waals surface area contributed by atoms with Crippen molar-refractivity contribution in [2.24, 2.45) is 0 Å². The number of hydrogen-bond donors (Lipinski definition) is 0. The number of fused-ring (bicyclic) bond motifs is 1. The molecule has 0 unspecified atom stereocenters. The van der Waals surface area contributed by atoms with Gasteiger partial charge in [-0.1, -0.05) is 111 Å². The third-order valence-corrected chi connectivity index (χ3v) is 10.3. The van der Waals surface area contributed by atoms with E-state index in [4.69, 9.17) is 9.47 Å². The summed E-state index contributed by atoms with van der Waals surface area (Å²) in [5.41, 5.74) is 8.04. The lowest BCUT2D eigenvalue weighted by Crippen LogP contribution is -2.25. The number of likely N-dealkylation sites (N-methyl/N-ethyl adjacent to an activating group) is 2. The molecule has 6 nitrogen and oxygen atoms in total. The van der Waals surface area contributed by atoms with Gasteiger partial charge in [0.25, 0.3) is 11.8 Å². The lowest BCUT2D eigenvalue weighted by molar-refractivity contribution is -0.123. The molecule has 0 N–H and O–H groups in total. The number of unbranched alkanes of at least 4 members (excludes halogenated alkanes) is 8. The van der Waals surface area contributed by atoms with Gasteiger partial charge in [0.15, 0.2) is 0 Å². The van der Waals surface area contributed by atoms with Gasteiger partial charge in [0.05, 0.1) is 35.8 Å². The first-order chi connectivity index (χ1) is 26.4. The van der Waals surface area contributed by atoms with Crippen LogP contribution in [0.25, 0.3) is 33.6 Å². The molecule has 2 heterocycles. The summed E-state index contributed by atoms with van der Waals surface area (Å²) in [6, 6.07) is 32.4. The fourth-order valence-electron chi connectivity index (χ4n) is 7.20. The Bertz CT molecular complexity index is 1840. The Morgan fingerprint density at radius 1 is 0.444 bits per heavy atom. The van der Waals surface area contributed by atoms with Crippen molar-refractivity contribution in [2.75, 3.05) is 27.3 Å². The second-order valence-electron chi connectivity index (χ2n) is 14.1. The third-order valence-electron chi connectivity index (χ3n) is 10.3. The molecule has 4 aromatic rings. The summed E-state index contributed by atoms with van der Waals surface area (Å²) in [6.07, 6.45) is 15.3. The van der Waals surface area contributed by atoms with Crippen molar-refractivity contribution in [3.63, 3.8) is 0 Å². The molecule has 0 aromatic heterocycles. The minimum absolute atomic E-state index is 0.180. The van der Waals surface area contributed by atoms with Crippen LogP contribution in [0.3, 0.4) is 0 Å². The highest BCUT2D eigenvalue weighted by Crippen LogP contribution is 2.45. The number of hydrogen-bond acceptors (Lipinski definition) is 4. The zero-order chi connectivity index (χ0) is 37.9. The number of nitrogens with zero attached hydrogens (tertiary/aromatic N) is 2. The van der Waals surface area contributed by atoms with E-state index in [2.05, 4.69) is 37.4 Å². The van der Waals surface area contributed by atoms with E-state index in [0.717, 1.165) is 83.4 Å². The molecule has 54 heavy (non-hydrogen) atoms. The Morgan fingerprint density at radius 2 is 0.741 bits per heavy atom. The van der Waals surface area contributed by atoms with Gasteiger partial charge in [-0.2, -0.15) is 0 Å². The highest BCUT2D eigenvalue weighted by Gasteiger charge is 2.46. The van der Waals surface area contributed by atoms with Gasteiger partial charge in [-0.05, 0) is 96.2 Å². The Balaban J connectivity index is 1.12. The summed E-state index contributed by atoms with van der Waals surface area (Å²) in [4.78, 5) is 30.8. The molecule has 2 amide bonds. The Morgan fingerprint density at radius 3 is 1.07 bits per heavy atom. The molecule has 0 fully saturated rings. The second-order valence-corrected chi connectivity index (χ2v) is 14.1. The Kier molecular flexibility index (Phi) is 13.0. The lowest BCUT2D eigenvalue weighted by Gasteiger charge is -2.20. The predicted molar refractivity (Wildman–Crippen MR) is 221 cm³/mol. The van der Waals surface area contributed by atoms with Crippen molar-refractivity contribution >= 4 is 23.2 Å². The SMILES string of the molecule is C=CCCCCCCOc1ccc(-c2ccc(C3=C4C(=O)N(C)C(c5ccc(-c6ccc(OCCCCCCC=C)cc6)cc5)=C4C(=O)N3C)cc2)cc1. The summed E-state index contributed by atoms with van der Waals surface area (Å²) in [6.45, 7) is 8.99. The largest absolute Gasteiger partial charge is 0.494 e. The van der Waals surface area contributed by atoms with Crippen LogP contribution >= 0.6 is 0 Å².